The highest BCUT2D eigenvalue weighted by Gasteiger charge is 2.26. The molecule has 2 heterocycles. The molecule has 2 unspecified atom stereocenters. The normalized spacial score (nSPS) is 20.9. The first-order chi connectivity index (χ1) is 11.5. The summed E-state index contributed by atoms with van der Waals surface area (Å²) in [7, 11) is 0. The molecule has 1 aliphatic heterocycles. The van der Waals surface area contributed by atoms with Crippen LogP contribution in [0, 0.1) is 6.92 Å². The lowest BCUT2D eigenvalue weighted by Crippen LogP contribution is -2.48. The maximum atomic E-state index is 12.6. The Labute approximate surface area is 140 Å². The van der Waals surface area contributed by atoms with E-state index in [0.717, 1.165) is 0 Å². The number of carbonyl (C=O) groups is 1. The number of benzene rings is 1. The number of aromatic nitrogens is 2. The Morgan fingerprint density at radius 3 is 2.50 bits per heavy atom. The number of morpholine rings is 1. The zero-order valence-corrected chi connectivity index (χ0v) is 14.1. The predicted octanol–water partition coefficient (Wildman–Crippen LogP) is 2.21. The van der Waals surface area contributed by atoms with Gasteiger partial charge in [0.1, 0.15) is 5.75 Å². The lowest BCUT2D eigenvalue weighted by atomic mass is 10.1. The maximum Gasteiger partial charge on any atom is 0.254 e. The highest BCUT2D eigenvalue weighted by Crippen LogP contribution is 2.18. The minimum absolute atomic E-state index is 0.0114. The van der Waals surface area contributed by atoms with Gasteiger partial charge in [-0.2, -0.15) is 4.98 Å². The molecule has 1 aliphatic rings. The largest absolute Gasteiger partial charge is 0.485 e. The smallest absolute Gasteiger partial charge is 0.254 e. The van der Waals surface area contributed by atoms with E-state index < -0.39 is 0 Å². The number of ether oxygens (including phenoxy) is 2. The third-order valence-electron chi connectivity index (χ3n) is 3.75. The number of amides is 1. The van der Waals surface area contributed by atoms with E-state index in [1.807, 2.05) is 18.7 Å². The molecule has 1 saturated heterocycles. The van der Waals surface area contributed by atoms with Gasteiger partial charge in [0.25, 0.3) is 5.91 Å². The fourth-order valence-electron chi connectivity index (χ4n) is 2.77. The van der Waals surface area contributed by atoms with Crippen LogP contribution < -0.4 is 4.74 Å². The van der Waals surface area contributed by atoms with Crippen molar-refractivity contribution in [1.82, 2.24) is 15.0 Å². The van der Waals surface area contributed by atoms with Crippen molar-refractivity contribution in [1.29, 1.82) is 0 Å². The molecule has 7 heteroatoms. The van der Waals surface area contributed by atoms with E-state index in [1.165, 1.54) is 0 Å². The summed E-state index contributed by atoms with van der Waals surface area (Å²) in [6.45, 7) is 7.13. The Kier molecular flexibility index (Phi) is 4.80. The van der Waals surface area contributed by atoms with Gasteiger partial charge in [-0.15, -0.1) is 0 Å². The van der Waals surface area contributed by atoms with Crippen LogP contribution in [0.15, 0.2) is 28.8 Å². The fraction of sp³-hybridized carbons (Fsp3) is 0.471. The van der Waals surface area contributed by atoms with Gasteiger partial charge in [-0.25, -0.2) is 0 Å². The van der Waals surface area contributed by atoms with Gasteiger partial charge in [0.05, 0.1) is 12.2 Å². The number of nitrogens with zero attached hydrogens (tertiary/aromatic N) is 3. The van der Waals surface area contributed by atoms with E-state index in [1.54, 1.807) is 31.2 Å². The summed E-state index contributed by atoms with van der Waals surface area (Å²) in [5, 5.41) is 3.77. The van der Waals surface area contributed by atoms with Gasteiger partial charge in [0, 0.05) is 25.6 Å². The van der Waals surface area contributed by atoms with E-state index >= 15 is 0 Å². The average Bonchev–Trinajstić information content (AvgIpc) is 2.97. The molecule has 0 bridgehead atoms. The van der Waals surface area contributed by atoms with E-state index in [-0.39, 0.29) is 24.7 Å². The van der Waals surface area contributed by atoms with Gasteiger partial charge in [-0.3, -0.25) is 4.79 Å². The molecular formula is C17H21N3O4. The molecule has 2 aromatic rings. The highest BCUT2D eigenvalue weighted by atomic mass is 16.5. The molecule has 1 fully saturated rings. The first-order valence-electron chi connectivity index (χ1n) is 7.98. The van der Waals surface area contributed by atoms with Gasteiger partial charge >= 0.3 is 0 Å². The first kappa shape index (κ1) is 16.4. The summed E-state index contributed by atoms with van der Waals surface area (Å²) in [5.74, 6) is 1.66. The molecule has 128 valence electrons. The molecule has 1 aromatic carbocycles. The van der Waals surface area contributed by atoms with E-state index in [9.17, 15) is 4.79 Å². The monoisotopic (exact) mass is 331 g/mol. The summed E-state index contributed by atoms with van der Waals surface area (Å²) in [6.07, 6.45) is 0.109. The SMILES string of the molecule is Cc1nc(COc2ccc(C(=O)N3CC(C)OC(C)C3)cc2)no1. The third-order valence-corrected chi connectivity index (χ3v) is 3.75. The lowest BCUT2D eigenvalue weighted by Gasteiger charge is -2.35. The van der Waals surface area contributed by atoms with Crippen LogP contribution in [0.25, 0.3) is 0 Å². The number of hydrogen-bond acceptors (Lipinski definition) is 6. The van der Waals surface area contributed by atoms with Crippen LogP contribution in [-0.2, 0) is 11.3 Å². The quantitative estimate of drug-likeness (QED) is 0.855. The van der Waals surface area contributed by atoms with Crippen molar-refractivity contribution in [2.75, 3.05) is 13.1 Å². The lowest BCUT2D eigenvalue weighted by molar-refractivity contribution is -0.0586. The second kappa shape index (κ2) is 7.00. The van der Waals surface area contributed by atoms with Crippen molar-refractivity contribution in [3.63, 3.8) is 0 Å². The number of carbonyl (C=O) groups excluding carboxylic acids is 1. The number of hydrogen-bond donors (Lipinski definition) is 0. The summed E-state index contributed by atoms with van der Waals surface area (Å²) in [5.41, 5.74) is 0.638. The molecule has 1 amide bonds. The Morgan fingerprint density at radius 1 is 1.25 bits per heavy atom. The topological polar surface area (TPSA) is 77.7 Å². The molecular weight excluding hydrogens is 310 g/mol. The van der Waals surface area contributed by atoms with Crippen LogP contribution in [0.4, 0.5) is 0 Å². The standard InChI is InChI=1S/C17H21N3O4/c1-11-8-20(9-12(2)23-11)17(21)14-4-6-15(7-5-14)22-10-16-18-13(3)24-19-16/h4-7,11-12H,8-10H2,1-3H3. The fourth-order valence-corrected chi connectivity index (χ4v) is 2.77. The Hall–Kier alpha value is -2.41. The van der Waals surface area contributed by atoms with Crippen LogP contribution >= 0.6 is 0 Å². The van der Waals surface area contributed by atoms with Crippen molar-refractivity contribution in [2.45, 2.75) is 39.6 Å². The van der Waals surface area contributed by atoms with E-state index in [4.69, 9.17) is 14.0 Å². The van der Waals surface area contributed by atoms with Crippen LogP contribution in [0.3, 0.4) is 0 Å². The van der Waals surface area contributed by atoms with Crippen LogP contribution in [0.5, 0.6) is 5.75 Å². The Bertz CT molecular complexity index is 688. The van der Waals surface area contributed by atoms with Gasteiger partial charge in [-0.05, 0) is 38.1 Å². The van der Waals surface area contributed by atoms with Gasteiger partial charge in [-0.1, -0.05) is 5.16 Å². The van der Waals surface area contributed by atoms with Crippen molar-refractivity contribution < 1.29 is 18.8 Å². The van der Waals surface area contributed by atoms with Crippen LogP contribution in [0.2, 0.25) is 0 Å². The third kappa shape index (κ3) is 3.91. The second-order valence-corrected chi connectivity index (χ2v) is 6.01. The molecule has 0 aliphatic carbocycles. The van der Waals surface area contributed by atoms with Crippen molar-refractivity contribution in [3.05, 3.63) is 41.5 Å². The molecule has 7 nitrogen and oxygen atoms in total. The molecule has 1 aromatic heterocycles. The Balaban J connectivity index is 1.60. The van der Waals surface area contributed by atoms with Crippen molar-refractivity contribution in [3.8, 4) is 5.75 Å². The predicted molar refractivity (Wildman–Crippen MR) is 85.7 cm³/mol. The molecule has 0 N–H and O–H groups in total. The maximum absolute atomic E-state index is 12.6. The zero-order chi connectivity index (χ0) is 17.1. The minimum atomic E-state index is 0.0114. The highest BCUT2D eigenvalue weighted by molar-refractivity contribution is 5.94. The summed E-state index contributed by atoms with van der Waals surface area (Å²) in [6, 6.07) is 7.08. The molecule has 0 spiro atoms. The second-order valence-electron chi connectivity index (χ2n) is 6.01. The number of aryl methyl sites for hydroxylation is 1. The van der Waals surface area contributed by atoms with Crippen LogP contribution in [0.1, 0.15) is 35.9 Å². The van der Waals surface area contributed by atoms with Crippen LogP contribution in [-0.4, -0.2) is 46.2 Å². The number of rotatable bonds is 4. The summed E-state index contributed by atoms with van der Waals surface area (Å²) in [4.78, 5) is 18.5. The minimum Gasteiger partial charge on any atom is -0.485 e. The van der Waals surface area contributed by atoms with Gasteiger partial charge in [0.15, 0.2) is 6.61 Å². The summed E-state index contributed by atoms with van der Waals surface area (Å²) >= 11 is 0. The molecule has 0 radical (unpaired) electrons. The van der Waals surface area contributed by atoms with E-state index in [2.05, 4.69) is 10.1 Å². The Morgan fingerprint density at radius 2 is 1.92 bits per heavy atom. The molecule has 2 atom stereocenters. The molecule has 0 saturated carbocycles. The summed E-state index contributed by atoms with van der Waals surface area (Å²) < 4.78 is 16.1. The molecule has 24 heavy (non-hydrogen) atoms. The molecule has 3 rings (SSSR count). The van der Waals surface area contributed by atoms with Crippen molar-refractivity contribution in [2.24, 2.45) is 0 Å². The van der Waals surface area contributed by atoms with E-state index in [0.29, 0.717) is 36.1 Å². The first-order valence-corrected chi connectivity index (χ1v) is 7.98. The zero-order valence-electron chi connectivity index (χ0n) is 14.1. The average molecular weight is 331 g/mol. The van der Waals surface area contributed by atoms with Gasteiger partial charge in [0.2, 0.25) is 11.7 Å². The van der Waals surface area contributed by atoms with Crippen molar-refractivity contribution >= 4 is 5.91 Å². The van der Waals surface area contributed by atoms with Gasteiger partial charge < -0.3 is 18.9 Å².